The van der Waals surface area contributed by atoms with Crippen molar-refractivity contribution in [3.8, 4) is 0 Å². The number of halogens is 2. The highest BCUT2D eigenvalue weighted by Crippen LogP contribution is 2.18. The van der Waals surface area contributed by atoms with Crippen molar-refractivity contribution in [1.29, 1.82) is 0 Å². The summed E-state index contributed by atoms with van der Waals surface area (Å²) < 4.78 is 46.6. The van der Waals surface area contributed by atoms with Crippen molar-refractivity contribution < 1.29 is 17.2 Å². The Labute approximate surface area is 93.2 Å². The lowest BCUT2D eigenvalue weighted by Gasteiger charge is -2.07. The second kappa shape index (κ2) is 4.88. The lowest BCUT2D eigenvalue weighted by atomic mass is 10.1. The number of benzene rings is 1. The Morgan fingerprint density at radius 3 is 2.12 bits per heavy atom. The summed E-state index contributed by atoms with van der Waals surface area (Å²) in [5, 5.41) is 0. The minimum Gasteiger partial charge on any atom is -0.328 e. The average molecular weight is 249 g/mol. The molecule has 1 aromatic carbocycles. The molecular formula is C10H13F2NO2S. The molecule has 0 fully saturated rings. The van der Waals surface area contributed by atoms with Crippen LogP contribution in [-0.2, 0) is 16.3 Å². The van der Waals surface area contributed by atoms with Crippen LogP contribution in [0, 0.1) is 0 Å². The quantitative estimate of drug-likeness (QED) is 0.881. The van der Waals surface area contributed by atoms with Gasteiger partial charge in [-0.05, 0) is 31.0 Å². The molecule has 0 amide bonds. The Balaban J connectivity index is 2.96. The topological polar surface area (TPSA) is 60.2 Å². The number of sulfone groups is 1. The predicted molar refractivity (Wildman–Crippen MR) is 57.0 cm³/mol. The molecule has 0 aliphatic carbocycles. The Bertz CT molecular complexity index is 440. The third-order valence-corrected chi connectivity index (χ3v) is 3.44. The molecule has 0 spiro atoms. The van der Waals surface area contributed by atoms with Gasteiger partial charge in [0.1, 0.15) is 0 Å². The van der Waals surface area contributed by atoms with Crippen LogP contribution in [0.5, 0.6) is 0 Å². The lowest BCUT2D eigenvalue weighted by molar-refractivity contribution is 0.234. The summed E-state index contributed by atoms with van der Waals surface area (Å²) in [6.45, 7) is 1.81. The molecule has 0 saturated heterocycles. The molecule has 3 nitrogen and oxygen atoms in total. The van der Waals surface area contributed by atoms with Crippen molar-refractivity contribution in [2.75, 3.05) is 0 Å². The first-order valence-corrected chi connectivity index (χ1v) is 6.25. The first-order valence-electron chi connectivity index (χ1n) is 4.70. The van der Waals surface area contributed by atoms with Gasteiger partial charge in [0.05, 0.1) is 4.90 Å². The lowest BCUT2D eigenvalue weighted by Crippen LogP contribution is -2.18. The molecule has 0 aromatic heterocycles. The van der Waals surface area contributed by atoms with Crippen molar-refractivity contribution in [3.63, 3.8) is 0 Å². The molecule has 1 unspecified atom stereocenters. The molecule has 0 radical (unpaired) electrons. The van der Waals surface area contributed by atoms with Crippen LogP contribution in [0.25, 0.3) is 0 Å². The average Bonchev–Trinajstić information content (AvgIpc) is 2.17. The SMILES string of the molecule is CC(N)Cc1ccc(S(=O)(=O)C(F)F)cc1. The number of hydrogen-bond donors (Lipinski definition) is 1. The number of alkyl halides is 2. The minimum absolute atomic E-state index is 0.0578. The van der Waals surface area contributed by atoms with E-state index in [1.807, 2.05) is 6.92 Å². The van der Waals surface area contributed by atoms with E-state index in [0.29, 0.717) is 6.42 Å². The van der Waals surface area contributed by atoms with Gasteiger partial charge in [0, 0.05) is 6.04 Å². The molecule has 0 aliphatic rings. The van der Waals surface area contributed by atoms with Gasteiger partial charge in [0.25, 0.3) is 0 Å². The van der Waals surface area contributed by atoms with Crippen LogP contribution in [0.1, 0.15) is 12.5 Å². The van der Waals surface area contributed by atoms with Crippen molar-refractivity contribution in [1.82, 2.24) is 0 Å². The molecule has 0 saturated carbocycles. The molecule has 6 heteroatoms. The van der Waals surface area contributed by atoms with Gasteiger partial charge in [-0.25, -0.2) is 8.42 Å². The van der Waals surface area contributed by atoms with E-state index in [1.54, 1.807) is 0 Å². The minimum atomic E-state index is -4.49. The molecule has 0 bridgehead atoms. The third kappa shape index (κ3) is 2.99. The molecular weight excluding hydrogens is 236 g/mol. The van der Waals surface area contributed by atoms with Crippen LogP contribution >= 0.6 is 0 Å². The smallest absolute Gasteiger partial charge is 0.328 e. The van der Waals surface area contributed by atoms with Crippen LogP contribution in [-0.4, -0.2) is 20.2 Å². The van der Waals surface area contributed by atoms with Crippen molar-refractivity contribution >= 4 is 9.84 Å². The highest BCUT2D eigenvalue weighted by molar-refractivity contribution is 7.91. The fourth-order valence-corrected chi connectivity index (χ4v) is 2.01. The Morgan fingerprint density at radius 1 is 1.25 bits per heavy atom. The molecule has 0 heterocycles. The summed E-state index contributed by atoms with van der Waals surface area (Å²) in [5.41, 5.74) is 6.38. The van der Waals surface area contributed by atoms with Gasteiger partial charge in [-0.1, -0.05) is 12.1 Å². The zero-order valence-corrected chi connectivity index (χ0v) is 9.55. The van der Waals surface area contributed by atoms with Gasteiger partial charge < -0.3 is 5.73 Å². The highest BCUT2D eigenvalue weighted by atomic mass is 32.2. The summed E-state index contributed by atoms with van der Waals surface area (Å²) in [6, 6.07) is 5.30. The summed E-state index contributed by atoms with van der Waals surface area (Å²) in [7, 11) is -4.49. The first-order chi connectivity index (χ1) is 7.34. The molecule has 1 atom stereocenters. The molecule has 16 heavy (non-hydrogen) atoms. The standard InChI is InChI=1S/C10H13F2NO2S/c1-7(13)6-8-2-4-9(5-3-8)16(14,15)10(11)12/h2-5,7,10H,6,13H2,1H3. The van der Waals surface area contributed by atoms with Gasteiger partial charge in [0.15, 0.2) is 0 Å². The molecule has 1 aromatic rings. The van der Waals surface area contributed by atoms with Gasteiger partial charge in [-0.15, -0.1) is 0 Å². The summed E-state index contributed by atoms with van der Waals surface area (Å²) in [5.74, 6) is -3.38. The van der Waals surface area contributed by atoms with E-state index < -0.39 is 15.6 Å². The monoisotopic (exact) mass is 249 g/mol. The number of rotatable bonds is 4. The van der Waals surface area contributed by atoms with E-state index in [1.165, 1.54) is 24.3 Å². The van der Waals surface area contributed by atoms with Crippen LogP contribution in [0.15, 0.2) is 29.2 Å². The van der Waals surface area contributed by atoms with E-state index >= 15 is 0 Å². The van der Waals surface area contributed by atoms with Crippen molar-refractivity contribution in [2.24, 2.45) is 5.73 Å². The maximum atomic E-state index is 12.2. The predicted octanol–water partition coefficient (Wildman–Crippen LogP) is 1.57. The second-order valence-electron chi connectivity index (χ2n) is 3.63. The Morgan fingerprint density at radius 2 is 1.75 bits per heavy atom. The van der Waals surface area contributed by atoms with Crippen LogP contribution < -0.4 is 5.73 Å². The number of nitrogens with two attached hydrogens (primary N) is 1. The normalized spacial score (nSPS) is 14.1. The van der Waals surface area contributed by atoms with Crippen molar-refractivity contribution in [3.05, 3.63) is 29.8 Å². The Kier molecular flexibility index (Phi) is 3.98. The third-order valence-electron chi connectivity index (χ3n) is 2.04. The Hall–Kier alpha value is -1.01. The zero-order chi connectivity index (χ0) is 12.3. The first kappa shape index (κ1) is 13.1. The molecule has 2 N–H and O–H groups in total. The van der Waals surface area contributed by atoms with E-state index in [9.17, 15) is 17.2 Å². The maximum absolute atomic E-state index is 12.2. The van der Waals surface area contributed by atoms with Gasteiger partial charge in [0.2, 0.25) is 9.84 Å². The molecule has 1 rings (SSSR count). The fraction of sp³-hybridized carbons (Fsp3) is 0.400. The second-order valence-corrected chi connectivity index (χ2v) is 5.55. The summed E-state index contributed by atoms with van der Waals surface area (Å²) in [4.78, 5) is -0.365. The summed E-state index contributed by atoms with van der Waals surface area (Å²) >= 11 is 0. The van der Waals surface area contributed by atoms with Crippen LogP contribution in [0.2, 0.25) is 0 Å². The maximum Gasteiger partial charge on any atom is 0.341 e. The van der Waals surface area contributed by atoms with E-state index in [4.69, 9.17) is 5.73 Å². The van der Waals surface area contributed by atoms with Gasteiger partial charge >= 0.3 is 5.76 Å². The van der Waals surface area contributed by atoms with E-state index in [0.717, 1.165) is 5.56 Å². The van der Waals surface area contributed by atoms with Gasteiger partial charge in [-0.3, -0.25) is 0 Å². The van der Waals surface area contributed by atoms with E-state index in [2.05, 4.69) is 0 Å². The largest absolute Gasteiger partial charge is 0.341 e. The van der Waals surface area contributed by atoms with E-state index in [-0.39, 0.29) is 10.9 Å². The highest BCUT2D eigenvalue weighted by Gasteiger charge is 2.26. The summed E-state index contributed by atoms with van der Waals surface area (Å²) in [6.07, 6.45) is 0.578. The van der Waals surface area contributed by atoms with Crippen LogP contribution in [0.4, 0.5) is 8.78 Å². The van der Waals surface area contributed by atoms with Crippen molar-refractivity contribution in [2.45, 2.75) is 30.0 Å². The number of hydrogen-bond acceptors (Lipinski definition) is 3. The fourth-order valence-electron chi connectivity index (χ4n) is 1.29. The zero-order valence-electron chi connectivity index (χ0n) is 8.73. The molecule has 90 valence electrons. The van der Waals surface area contributed by atoms with Crippen LogP contribution in [0.3, 0.4) is 0 Å². The van der Waals surface area contributed by atoms with Gasteiger partial charge in [-0.2, -0.15) is 8.78 Å². The molecule has 0 aliphatic heterocycles.